The molecule has 0 aliphatic carbocycles. The Balaban J connectivity index is 2.96. The molecule has 0 aromatic heterocycles. The molecule has 6 heteroatoms. The average molecular weight is 306 g/mol. The van der Waals surface area contributed by atoms with Crippen LogP contribution in [0.1, 0.15) is 25.7 Å². The summed E-state index contributed by atoms with van der Waals surface area (Å²) in [5.74, 6) is -1.06. The van der Waals surface area contributed by atoms with Crippen LogP contribution >= 0.6 is 15.9 Å². The van der Waals surface area contributed by atoms with Gasteiger partial charge in [0.1, 0.15) is 5.54 Å². The van der Waals surface area contributed by atoms with E-state index in [0.717, 1.165) is 17.7 Å². The molecule has 1 unspecified atom stereocenters. The largest absolute Gasteiger partial charge is 0.479 e. The number of likely N-dealkylation sites (tertiary alicyclic amines) is 1. The summed E-state index contributed by atoms with van der Waals surface area (Å²) in [6.45, 7) is 0.295. The van der Waals surface area contributed by atoms with Crippen LogP contribution in [0.4, 0.5) is 4.79 Å². The molecule has 1 rings (SSSR count). The highest BCUT2D eigenvalue weighted by Crippen LogP contribution is 2.32. The third-order valence-electron chi connectivity index (χ3n) is 3.08. The lowest BCUT2D eigenvalue weighted by Gasteiger charge is -2.41. The van der Waals surface area contributed by atoms with Gasteiger partial charge in [0.25, 0.3) is 0 Å². The minimum atomic E-state index is -1.29. The molecule has 1 fully saturated rings. The van der Waals surface area contributed by atoms with Crippen molar-refractivity contribution >= 4 is 28.0 Å². The van der Waals surface area contributed by atoms with Crippen LogP contribution in [-0.2, 0) is 4.79 Å². The normalized spacial score (nSPS) is 25.1. The summed E-state index contributed by atoms with van der Waals surface area (Å²) in [6, 6.07) is 0. The highest BCUT2D eigenvalue weighted by atomic mass is 79.9. The van der Waals surface area contributed by atoms with E-state index in [1.54, 1.807) is 12.2 Å². The van der Waals surface area contributed by atoms with Crippen molar-refractivity contribution in [3.63, 3.8) is 0 Å². The van der Waals surface area contributed by atoms with E-state index in [4.69, 9.17) is 5.11 Å². The van der Waals surface area contributed by atoms with Crippen LogP contribution in [0, 0.1) is 0 Å². The molecule has 0 radical (unpaired) electrons. The molecule has 96 valence electrons. The Morgan fingerprint density at radius 1 is 1.29 bits per heavy atom. The van der Waals surface area contributed by atoms with Gasteiger partial charge in [-0.15, -0.1) is 0 Å². The first kappa shape index (κ1) is 14.0. The van der Waals surface area contributed by atoms with E-state index in [9.17, 15) is 14.7 Å². The minimum Gasteiger partial charge on any atom is -0.479 e. The predicted molar refractivity (Wildman–Crippen MR) is 66.5 cm³/mol. The zero-order valence-electron chi connectivity index (χ0n) is 9.43. The van der Waals surface area contributed by atoms with Gasteiger partial charge in [-0.1, -0.05) is 28.1 Å². The molecule has 1 aliphatic heterocycles. The molecule has 0 saturated carbocycles. The molecule has 0 bridgehead atoms. The fourth-order valence-electron chi connectivity index (χ4n) is 2.18. The Bertz CT molecular complexity index is 331. The zero-order chi connectivity index (χ0) is 12.9. The second kappa shape index (κ2) is 6.05. The summed E-state index contributed by atoms with van der Waals surface area (Å²) >= 11 is 3.21. The molecule has 0 aromatic rings. The number of piperidine rings is 1. The molecule has 1 amide bonds. The summed E-state index contributed by atoms with van der Waals surface area (Å²) in [6.07, 6.45) is 4.44. The Morgan fingerprint density at radius 3 is 2.53 bits per heavy atom. The number of allylic oxidation sites excluding steroid dienone is 1. The van der Waals surface area contributed by atoms with Crippen molar-refractivity contribution in [2.75, 3.05) is 11.9 Å². The SMILES string of the molecule is O=C(O)N1CCCCC1(C/C=C\CBr)C(=O)O. The van der Waals surface area contributed by atoms with Crippen LogP contribution in [-0.4, -0.2) is 44.6 Å². The highest BCUT2D eigenvalue weighted by Gasteiger charge is 2.47. The number of alkyl halides is 1. The standard InChI is InChI=1S/C11H16BrNO4/c12-7-3-1-5-11(9(14)15)6-2-4-8-13(11)10(16)17/h1,3H,2,4-8H2,(H,14,15)(H,16,17)/b3-1-. The Labute approximate surface area is 108 Å². The second-order valence-corrected chi connectivity index (χ2v) is 4.71. The number of carboxylic acid groups (broad SMARTS) is 2. The number of carboxylic acids is 1. The summed E-state index contributed by atoms with van der Waals surface area (Å²) in [5.41, 5.74) is -1.29. The van der Waals surface area contributed by atoms with Crippen molar-refractivity contribution in [2.45, 2.75) is 31.2 Å². The van der Waals surface area contributed by atoms with Gasteiger partial charge in [-0.2, -0.15) is 0 Å². The summed E-state index contributed by atoms with van der Waals surface area (Å²) < 4.78 is 0. The third-order valence-corrected chi connectivity index (χ3v) is 3.45. The van der Waals surface area contributed by atoms with Crippen LogP contribution in [0.15, 0.2) is 12.2 Å². The van der Waals surface area contributed by atoms with Crippen molar-refractivity contribution in [1.82, 2.24) is 4.90 Å². The van der Waals surface area contributed by atoms with E-state index < -0.39 is 17.6 Å². The average Bonchev–Trinajstić information content (AvgIpc) is 2.29. The Hall–Kier alpha value is -1.04. The van der Waals surface area contributed by atoms with E-state index in [0.29, 0.717) is 18.3 Å². The topological polar surface area (TPSA) is 77.8 Å². The number of hydrogen-bond donors (Lipinski definition) is 2. The van der Waals surface area contributed by atoms with Crippen molar-refractivity contribution in [1.29, 1.82) is 0 Å². The van der Waals surface area contributed by atoms with E-state index in [2.05, 4.69) is 15.9 Å². The van der Waals surface area contributed by atoms with Gasteiger partial charge in [-0.3, -0.25) is 4.90 Å². The monoisotopic (exact) mass is 305 g/mol. The van der Waals surface area contributed by atoms with E-state index in [1.165, 1.54) is 0 Å². The lowest BCUT2D eigenvalue weighted by atomic mass is 9.84. The van der Waals surface area contributed by atoms with Crippen molar-refractivity contribution < 1.29 is 19.8 Å². The maximum atomic E-state index is 11.4. The molecule has 0 aromatic carbocycles. The smallest absolute Gasteiger partial charge is 0.408 e. The highest BCUT2D eigenvalue weighted by molar-refractivity contribution is 9.09. The maximum Gasteiger partial charge on any atom is 0.408 e. The van der Waals surface area contributed by atoms with E-state index >= 15 is 0 Å². The second-order valence-electron chi connectivity index (χ2n) is 4.06. The molecule has 1 heterocycles. The van der Waals surface area contributed by atoms with E-state index in [1.807, 2.05) is 0 Å². The van der Waals surface area contributed by atoms with Crippen LogP contribution in [0.5, 0.6) is 0 Å². The molecule has 1 saturated heterocycles. The first-order chi connectivity index (χ1) is 8.04. The number of aliphatic carboxylic acids is 1. The summed E-state index contributed by atoms with van der Waals surface area (Å²) in [7, 11) is 0. The third kappa shape index (κ3) is 3.00. The first-order valence-electron chi connectivity index (χ1n) is 5.49. The lowest BCUT2D eigenvalue weighted by Crippen LogP contribution is -2.58. The van der Waals surface area contributed by atoms with Crippen LogP contribution < -0.4 is 0 Å². The van der Waals surface area contributed by atoms with Gasteiger partial charge in [0.2, 0.25) is 0 Å². The number of nitrogens with zero attached hydrogens (tertiary/aromatic N) is 1. The molecule has 17 heavy (non-hydrogen) atoms. The van der Waals surface area contributed by atoms with Gasteiger partial charge in [0, 0.05) is 11.9 Å². The molecular formula is C11H16BrNO4. The van der Waals surface area contributed by atoms with Gasteiger partial charge in [-0.05, 0) is 25.7 Å². The fourth-order valence-corrected chi connectivity index (χ4v) is 2.44. The number of rotatable bonds is 4. The fraction of sp³-hybridized carbons (Fsp3) is 0.636. The minimum absolute atomic E-state index is 0.222. The van der Waals surface area contributed by atoms with Gasteiger partial charge in [0.15, 0.2) is 0 Å². The summed E-state index contributed by atoms with van der Waals surface area (Å²) in [5, 5.41) is 19.1. The van der Waals surface area contributed by atoms with Crippen molar-refractivity contribution in [3.05, 3.63) is 12.2 Å². The Kier molecular flexibility index (Phi) is 4.99. The number of hydrogen-bond acceptors (Lipinski definition) is 2. The van der Waals surface area contributed by atoms with E-state index in [-0.39, 0.29) is 6.42 Å². The molecule has 5 nitrogen and oxygen atoms in total. The number of amides is 1. The molecule has 0 spiro atoms. The van der Waals surface area contributed by atoms with Crippen molar-refractivity contribution in [3.8, 4) is 0 Å². The maximum absolute atomic E-state index is 11.4. The van der Waals surface area contributed by atoms with Gasteiger partial charge in [0.05, 0.1) is 0 Å². The van der Waals surface area contributed by atoms with Crippen LogP contribution in [0.2, 0.25) is 0 Å². The first-order valence-corrected chi connectivity index (χ1v) is 6.61. The number of halogens is 1. The zero-order valence-corrected chi connectivity index (χ0v) is 11.0. The van der Waals surface area contributed by atoms with Gasteiger partial charge in [-0.25, -0.2) is 9.59 Å². The quantitative estimate of drug-likeness (QED) is 0.617. The van der Waals surface area contributed by atoms with Crippen LogP contribution in [0.3, 0.4) is 0 Å². The molecule has 1 atom stereocenters. The predicted octanol–water partition coefficient (Wildman–Crippen LogP) is 2.31. The van der Waals surface area contributed by atoms with Crippen LogP contribution in [0.25, 0.3) is 0 Å². The summed E-state index contributed by atoms with van der Waals surface area (Å²) in [4.78, 5) is 23.6. The van der Waals surface area contributed by atoms with Gasteiger partial charge < -0.3 is 10.2 Å². The molecular weight excluding hydrogens is 290 g/mol. The molecule has 2 N–H and O–H groups in total. The van der Waals surface area contributed by atoms with Crippen molar-refractivity contribution in [2.24, 2.45) is 0 Å². The number of carbonyl (C=O) groups is 2. The molecule has 1 aliphatic rings. The Morgan fingerprint density at radius 2 is 2.00 bits per heavy atom. The van der Waals surface area contributed by atoms with Gasteiger partial charge >= 0.3 is 12.1 Å². The lowest BCUT2D eigenvalue weighted by molar-refractivity contribution is -0.152.